The van der Waals surface area contributed by atoms with Gasteiger partial charge in [0.05, 0.1) is 11.1 Å². The number of rotatable bonds is 2. The molecule has 0 atom stereocenters. The molecule has 0 saturated carbocycles. The average molecular weight is 311 g/mol. The van der Waals surface area contributed by atoms with Gasteiger partial charge in [0.15, 0.2) is 0 Å². The number of aryl methyl sites for hydroxylation is 1. The van der Waals surface area contributed by atoms with Crippen LogP contribution in [0.2, 0.25) is 0 Å². The molecule has 2 N–H and O–H groups in total. The van der Waals surface area contributed by atoms with Crippen LogP contribution in [0.25, 0.3) is 11.3 Å². The van der Waals surface area contributed by atoms with Crippen LogP contribution < -0.4 is 10.6 Å². The fourth-order valence-corrected chi connectivity index (χ4v) is 3.24. The van der Waals surface area contributed by atoms with Gasteiger partial charge < -0.3 is 20.0 Å². The first kappa shape index (κ1) is 13.9. The van der Waals surface area contributed by atoms with Crippen molar-refractivity contribution in [3.8, 4) is 11.3 Å². The summed E-state index contributed by atoms with van der Waals surface area (Å²) in [6, 6.07) is 11.2. The number of nitrogens with one attached hydrogen (secondary N) is 2. The fourth-order valence-electron chi connectivity index (χ4n) is 3.24. The molecular weight excluding hydrogens is 294 g/mol. The lowest BCUT2D eigenvalue weighted by Crippen LogP contribution is -2.70. The SMILES string of the molecule is Cc1cc(C(=O)N2CC3(CNC(=O)N3)C2)c(-c2ccccc2)o1. The van der Waals surface area contributed by atoms with Crippen LogP contribution in [0.3, 0.4) is 0 Å². The summed E-state index contributed by atoms with van der Waals surface area (Å²) in [7, 11) is 0. The number of nitrogens with zero attached hydrogens (tertiary/aromatic N) is 1. The van der Waals surface area contributed by atoms with Crippen LogP contribution >= 0.6 is 0 Å². The van der Waals surface area contributed by atoms with Crippen molar-refractivity contribution in [2.24, 2.45) is 0 Å². The Morgan fingerprint density at radius 3 is 2.65 bits per heavy atom. The molecule has 0 unspecified atom stereocenters. The molecule has 2 aliphatic rings. The molecule has 2 aliphatic heterocycles. The van der Waals surface area contributed by atoms with Crippen molar-refractivity contribution < 1.29 is 14.0 Å². The molecule has 1 spiro atoms. The predicted octanol–water partition coefficient (Wildman–Crippen LogP) is 1.76. The Balaban J connectivity index is 1.57. The lowest BCUT2D eigenvalue weighted by atomic mass is 9.90. The summed E-state index contributed by atoms with van der Waals surface area (Å²) in [4.78, 5) is 25.8. The van der Waals surface area contributed by atoms with E-state index in [2.05, 4.69) is 10.6 Å². The predicted molar refractivity (Wildman–Crippen MR) is 84.0 cm³/mol. The molecule has 0 radical (unpaired) electrons. The second-order valence-corrected chi connectivity index (χ2v) is 6.22. The van der Waals surface area contributed by atoms with Gasteiger partial charge in [-0.05, 0) is 13.0 Å². The minimum atomic E-state index is -0.307. The van der Waals surface area contributed by atoms with Gasteiger partial charge in [0, 0.05) is 25.2 Å². The number of hydrogen-bond acceptors (Lipinski definition) is 3. The normalized spacial score (nSPS) is 18.5. The highest BCUT2D eigenvalue weighted by Gasteiger charge is 2.50. The highest BCUT2D eigenvalue weighted by molar-refractivity contribution is 6.00. The number of hydrogen-bond donors (Lipinski definition) is 2. The summed E-state index contributed by atoms with van der Waals surface area (Å²) in [5.74, 6) is 1.24. The van der Waals surface area contributed by atoms with Crippen molar-refractivity contribution >= 4 is 11.9 Å². The van der Waals surface area contributed by atoms with E-state index >= 15 is 0 Å². The van der Waals surface area contributed by atoms with Crippen molar-refractivity contribution in [3.05, 3.63) is 47.7 Å². The summed E-state index contributed by atoms with van der Waals surface area (Å²) in [5.41, 5.74) is 1.15. The number of benzene rings is 1. The zero-order valence-electron chi connectivity index (χ0n) is 12.8. The zero-order valence-corrected chi connectivity index (χ0v) is 12.8. The Morgan fingerprint density at radius 1 is 1.26 bits per heavy atom. The van der Waals surface area contributed by atoms with E-state index < -0.39 is 0 Å². The van der Waals surface area contributed by atoms with Gasteiger partial charge in [-0.25, -0.2) is 4.79 Å². The van der Waals surface area contributed by atoms with Gasteiger partial charge in [0.2, 0.25) is 0 Å². The molecule has 6 nitrogen and oxygen atoms in total. The number of likely N-dealkylation sites (tertiary alicyclic amines) is 1. The van der Waals surface area contributed by atoms with Gasteiger partial charge in [-0.2, -0.15) is 0 Å². The van der Waals surface area contributed by atoms with Crippen LogP contribution in [-0.2, 0) is 0 Å². The largest absolute Gasteiger partial charge is 0.461 e. The molecule has 2 aromatic rings. The van der Waals surface area contributed by atoms with Gasteiger partial charge in [-0.1, -0.05) is 30.3 Å². The minimum Gasteiger partial charge on any atom is -0.461 e. The first-order valence-corrected chi connectivity index (χ1v) is 7.57. The van der Waals surface area contributed by atoms with E-state index in [4.69, 9.17) is 4.42 Å². The van der Waals surface area contributed by atoms with Gasteiger partial charge >= 0.3 is 6.03 Å². The highest BCUT2D eigenvalue weighted by Crippen LogP contribution is 2.31. The molecule has 3 amide bonds. The van der Waals surface area contributed by atoms with E-state index in [0.717, 1.165) is 5.56 Å². The maximum absolute atomic E-state index is 12.8. The Morgan fingerprint density at radius 2 is 2.00 bits per heavy atom. The van der Waals surface area contributed by atoms with Crippen molar-refractivity contribution in [2.45, 2.75) is 12.5 Å². The van der Waals surface area contributed by atoms with E-state index in [1.807, 2.05) is 37.3 Å². The van der Waals surface area contributed by atoms with Crippen LogP contribution in [0.1, 0.15) is 16.1 Å². The second-order valence-electron chi connectivity index (χ2n) is 6.22. The summed E-state index contributed by atoms with van der Waals surface area (Å²) < 4.78 is 5.75. The molecule has 2 fully saturated rings. The molecule has 3 heterocycles. The number of carbonyl (C=O) groups is 2. The molecule has 0 bridgehead atoms. The first-order chi connectivity index (χ1) is 11.1. The van der Waals surface area contributed by atoms with E-state index in [1.54, 1.807) is 11.0 Å². The lowest BCUT2D eigenvalue weighted by Gasteiger charge is -2.46. The quantitative estimate of drug-likeness (QED) is 0.887. The lowest BCUT2D eigenvalue weighted by molar-refractivity contribution is 0.0397. The summed E-state index contributed by atoms with van der Waals surface area (Å²) >= 11 is 0. The van der Waals surface area contributed by atoms with E-state index in [0.29, 0.717) is 36.7 Å². The zero-order chi connectivity index (χ0) is 16.0. The Bertz CT molecular complexity index is 776. The smallest absolute Gasteiger partial charge is 0.315 e. The average Bonchev–Trinajstić information content (AvgIpc) is 3.09. The first-order valence-electron chi connectivity index (χ1n) is 7.57. The van der Waals surface area contributed by atoms with Gasteiger partial charge in [0.25, 0.3) is 5.91 Å². The number of carbonyl (C=O) groups excluding carboxylic acids is 2. The topological polar surface area (TPSA) is 74.6 Å². The summed E-state index contributed by atoms with van der Waals surface area (Å²) in [5, 5.41) is 5.63. The third kappa shape index (κ3) is 2.27. The third-order valence-corrected chi connectivity index (χ3v) is 4.36. The van der Waals surface area contributed by atoms with Crippen LogP contribution in [0.15, 0.2) is 40.8 Å². The minimum absolute atomic E-state index is 0.0625. The molecule has 0 aliphatic carbocycles. The number of amides is 3. The maximum atomic E-state index is 12.8. The Hall–Kier alpha value is -2.76. The second kappa shape index (κ2) is 4.87. The van der Waals surface area contributed by atoms with E-state index in [9.17, 15) is 9.59 Å². The van der Waals surface area contributed by atoms with Gasteiger partial charge in [-0.15, -0.1) is 0 Å². The van der Waals surface area contributed by atoms with Crippen molar-refractivity contribution in [3.63, 3.8) is 0 Å². The molecule has 1 aromatic carbocycles. The molecule has 118 valence electrons. The monoisotopic (exact) mass is 311 g/mol. The molecule has 1 aromatic heterocycles. The highest BCUT2D eigenvalue weighted by atomic mass is 16.3. The third-order valence-electron chi connectivity index (χ3n) is 4.36. The van der Waals surface area contributed by atoms with Gasteiger partial charge in [0.1, 0.15) is 11.5 Å². The number of furan rings is 1. The summed E-state index contributed by atoms with van der Waals surface area (Å²) in [6.07, 6.45) is 0. The van der Waals surface area contributed by atoms with E-state index in [-0.39, 0.29) is 17.5 Å². The molecule has 4 rings (SSSR count). The Labute approximate surface area is 133 Å². The standard InChI is InChI=1S/C17H17N3O3/c1-11-7-13(14(23-11)12-5-3-2-4-6-12)15(21)20-9-17(10-20)8-18-16(22)19-17/h2-7H,8-10H2,1H3,(H2,18,19,22). The molecule has 23 heavy (non-hydrogen) atoms. The van der Waals surface area contributed by atoms with Crippen molar-refractivity contribution in [1.82, 2.24) is 15.5 Å². The maximum Gasteiger partial charge on any atom is 0.315 e. The fraction of sp³-hybridized carbons (Fsp3) is 0.294. The molecule has 2 saturated heterocycles. The van der Waals surface area contributed by atoms with E-state index in [1.165, 1.54) is 0 Å². The van der Waals surface area contributed by atoms with Crippen LogP contribution in [0.4, 0.5) is 4.79 Å². The molecule has 6 heteroatoms. The number of urea groups is 1. The van der Waals surface area contributed by atoms with Crippen LogP contribution in [0.5, 0.6) is 0 Å². The van der Waals surface area contributed by atoms with Gasteiger partial charge in [-0.3, -0.25) is 4.79 Å². The molecular formula is C17H17N3O3. The van der Waals surface area contributed by atoms with Crippen LogP contribution in [0, 0.1) is 6.92 Å². The summed E-state index contributed by atoms with van der Waals surface area (Å²) in [6.45, 7) is 3.43. The Kier molecular flexibility index (Phi) is 2.94. The van der Waals surface area contributed by atoms with Crippen molar-refractivity contribution in [1.29, 1.82) is 0 Å². The van der Waals surface area contributed by atoms with Crippen LogP contribution in [-0.4, -0.2) is 42.0 Å². The van der Waals surface area contributed by atoms with Crippen molar-refractivity contribution in [2.75, 3.05) is 19.6 Å².